The minimum absolute atomic E-state index is 0.0119. The maximum Gasteiger partial charge on any atom is 0.256 e. The Morgan fingerprint density at radius 3 is 2.00 bits per heavy atom. The number of aromatic nitrogens is 3. The van der Waals surface area contributed by atoms with Crippen LogP contribution in [0.5, 0.6) is 0 Å². The van der Waals surface area contributed by atoms with Crippen LogP contribution in [-0.4, -0.2) is 26.2 Å². The molecule has 1 rings (SSSR count). The van der Waals surface area contributed by atoms with Crippen LogP contribution in [0.25, 0.3) is 0 Å². The van der Waals surface area contributed by atoms with E-state index >= 15 is 0 Å². The lowest BCUT2D eigenvalue weighted by Crippen LogP contribution is -2.29. The van der Waals surface area contributed by atoms with E-state index in [-0.39, 0.29) is 23.9 Å². The van der Waals surface area contributed by atoms with Gasteiger partial charge in [0.2, 0.25) is 11.9 Å². The molecular formula is C6H12N6O. The van der Waals surface area contributed by atoms with Crippen LogP contribution in [0, 0.1) is 0 Å². The number of nitrogens with zero attached hydrogens (tertiary/aromatic N) is 4. The molecular weight excluding hydrogens is 172 g/mol. The molecule has 0 atom stereocenters. The van der Waals surface area contributed by atoms with Crippen molar-refractivity contribution in [3.05, 3.63) is 0 Å². The van der Waals surface area contributed by atoms with Crippen LogP contribution in [0.4, 0.5) is 17.8 Å². The quantitative estimate of drug-likeness (QED) is 0.537. The van der Waals surface area contributed by atoms with Crippen LogP contribution in [-0.2, 0) is 0 Å². The smallest absolute Gasteiger partial charge is 0.256 e. The zero-order chi connectivity index (χ0) is 10.0. The average Bonchev–Trinajstić information content (AvgIpc) is 2.01. The Kier molecular flexibility index (Phi) is 2.47. The molecule has 0 bridgehead atoms. The molecule has 0 aliphatic heterocycles. The first-order valence-electron chi connectivity index (χ1n) is 3.76. The summed E-state index contributed by atoms with van der Waals surface area (Å²) in [5, 5.41) is 10.3. The minimum Gasteiger partial charge on any atom is -0.368 e. The molecule has 0 amide bonds. The highest BCUT2D eigenvalue weighted by Gasteiger charge is 2.11. The number of hydroxylamine groups is 1. The van der Waals surface area contributed by atoms with Gasteiger partial charge in [0.05, 0.1) is 6.04 Å². The Balaban J connectivity index is 3.01. The molecule has 0 aliphatic rings. The van der Waals surface area contributed by atoms with Gasteiger partial charge in [-0.05, 0) is 13.8 Å². The fourth-order valence-corrected chi connectivity index (χ4v) is 0.731. The summed E-state index contributed by atoms with van der Waals surface area (Å²) in [6.07, 6.45) is 0. The lowest BCUT2D eigenvalue weighted by molar-refractivity contribution is 0.222. The molecule has 0 saturated heterocycles. The highest BCUT2D eigenvalue weighted by molar-refractivity contribution is 5.37. The lowest BCUT2D eigenvalue weighted by atomic mass is 10.4. The van der Waals surface area contributed by atoms with Gasteiger partial charge in [-0.2, -0.15) is 15.0 Å². The van der Waals surface area contributed by atoms with Crippen molar-refractivity contribution in [1.82, 2.24) is 15.0 Å². The summed E-state index contributed by atoms with van der Waals surface area (Å²) in [5.41, 5.74) is 10.6. The molecule has 0 saturated carbocycles. The molecule has 0 unspecified atom stereocenters. The maximum absolute atomic E-state index is 9.42. The maximum atomic E-state index is 9.42. The molecule has 0 aliphatic carbocycles. The molecule has 1 aromatic rings. The van der Waals surface area contributed by atoms with Crippen molar-refractivity contribution in [3.8, 4) is 0 Å². The van der Waals surface area contributed by atoms with E-state index in [0.29, 0.717) is 0 Å². The molecule has 0 aromatic carbocycles. The number of nitrogens with two attached hydrogens (primary N) is 2. The van der Waals surface area contributed by atoms with Crippen molar-refractivity contribution < 1.29 is 5.21 Å². The fourth-order valence-electron chi connectivity index (χ4n) is 0.731. The Labute approximate surface area is 75.4 Å². The molecule has 0 fully saturated rings. The molecule has 72 valence electrons. The van der Waals surface area contributed by atoms with Gasteiger partial charge in [-0.15, -0.1) is 0 Å². The normalized spacial score (nSPS) is 10.5. The van der Waals surface area contributed by atoms with E-state index in [9.17, 15) is 5.21 Å². The molecule has 13 heavy (non-hydrogen) atoms. The van der Waals surface area contributed by atoms with E-state index in [2.05, 4.69) is 15.0 Å². The van der Waals surface area contributed by atoms with Gasteiger partial charge in [-0.3, -0.25) is 5.21 Å². The third-order valence-corrected chi connectivity index (χ3v) is 1.35. The van der Waals surface area contributed by atoms with Gasteiger partial charge in [-0.1, -0.05) is 0 Å². The van der Waals surface area contributed by atoms with E-state index in [1.807, 2.05) is 0 Å². The minimum atomic E-state index is -0.152. The zero-order valence-electron chi connectivity index (χ0n) is 7.47. The summed E-state index contributed by atoms with van der Waals surface area (Å²) in [5.74, 6) is 0.0319. The van der Waals surface area contributed by atoms with E-state index in [1.165, 1.54) is 0 Å². The third kappa shape index (κ3) is 2.15. The molecule has 7 nitrogen and oxygen atoms in total. The molecule has 0 spiro atoms. The second kappa shape index (κ2) is 3.40. The first kappa shape index (κ1) is 9.46. The zero-order valence-corrected chi connectivity index (χ0v) is 7.47. The van der Waals surface area contributed by atoms with Crippen molar-refractivity contribution in [2.24, 2.45) is 0 Å². The average molecular weight is 184 g/mol. The van der Waals surface area contributed by atoms with Gasteiger partial charge in [0.25, 0.3) is 5.95 Å². The van der Waals surface area contributed by atoms with Crippen molar-refractivity contribution in [3.63, 3.8) is 0 Å². The molecule has 7 heteroatoms. The monoisotopic (exact) mass is 184 g/mol. The highest BCUT2D eigenvalue weighted by Crippen LogP contribution is 2.10. The molecule has 5 N–H and O–H groups in total. The number of rotatable bonds is 2. The van der Waals surface area contributed by atoms with Crippen molar-refractivity contribution in [1.29, 1.82) is 0 Å². The predicted molar refractivity (Wildman–Crippen MR) is 48.1 cm³/mol. The summed E-state index contributed by atoms with van der Waals surface area (Å²) >= 11 is 0. The van der Waals surface area contributed by atoms with Gasteiger partial charge in [0.1, 0.15) is 0 Å². The molecule has 1 aromatic heterocycles. The van der Waals surface area contributed by atoms with E-state index in [4.69, 9.17) is 11.5 Å². The number of anilines is 3. The summed E-state index contributed by atoms with van der Waals surface area (Å²) in [6.45, 7) is 3.55. The lowest BCUT2D eigenvalue weighted by Gasteiger charge is -2.18. The van der Waals surface area contributed by atoms with Crippen LogP contribution in [0.2, 0.25) is 0 Å². The van der Waals surface area contributed by atoms with Crippen LogP contribution in [0.1, 0.15) is 13.8 Å². The van der Waals surface area contributed by atoms with Gasteiger partial charge in [0, 0.05) is 0 Å². The Hall–Kier alpha value is -1.63. The van der Waals surface area contributed by atoms with Crippen LogP contribution >= 0.6 is 0 Å². The number of hydrogen-bond donors (Lipinski definition) is 3. The Morgan fingerprint density at radius 1 is 1.15 bits per heavy atom. The van der Waals surface area contributed by atoms with Crippen molar-refractivity contribution >= 4 is 17.8 Å². The second-order valence-electron chi connectivity index (χ2n) is 2.79. The Morgan fingerprint density at radius 2 is 1.62 bits per heavy atom. The third-order valence-electron chi connectivity index (χ3n) is 1.35. The van der Waals surface area contributed by atoms with Crippen molar-refractivity contribution in [2.75, 3.05) is 16.5 Å². The van der Waals surface area contributed by atoms with E-state index in [0.717, 1.165) is 5.06 Å². The van der Waals surface area contributed by atoms with Crippen LogP contribution < -0.4 is 16.5 Å². The summed E-state index contributed by atoms with van der Waals surface area (Å²) in [6, 6.07) is -0.152. The summed E-state index contributed by atoms with van der Waals surface area (Å²) < 4.78 is 0. The molecule has 1 heterocycles. The van der Waals surface area contributed by atoms with Crippen LogP contribution in [0.15, 0.2) is 0 Å². The first-order valence-corrected chi connectivity index (χ1v) is 3.76. The SMILES string of the molecule is CC(C)N(O)c1nc(N)nc(N)n1. The van der Waals surface area contributed by atoms with Gasteiger partial charge in [-0.25, -0.2) is 5.06 Å². The van der Waals surface area contributed by atoms with Crippen LogP contribution in [0.3, 0.4) is 0 Å². The van der Waals surface area contributed by atoms with E-state index < -0.39 is 0 Å². The topological polar surface area (TPSA) is 114 Å². The van der Waals surface area contributed by atoms with Gasteiger partial charge < -0.3 is 11.5 Å². The van der Waals surface area contributed by atoms with Gasteiger partial charge in [0.15, 0.2) is 0 Å². The van der Waals surface area contributed by atoms with E-state index in [1.54, 1.807) is 13.8 Å². The number of hydrogen-bond acceptors (Lipinski definition) is 7. The summed E-state index contributed by atoms with van der Waals surface area (Å²) in [4.78, 5) is 11.0. The largest absolute Gasteiger partial charge is 0.368 e. The summed E-state index contributed by atoms with van der Waals surface area (Å²) in [7, 11) is 0. The number of nitrogen functional groups attached to an aromatic ring is 2. The van der Waals surface area contributed by atoms with Crippen molar-refractivity contribution in [2.45, 2.75) is 19.9 Å². The first-order chi connectivity index (χ1) is 6.00. The second-order valence-corrected chi connectivity index (χ2v) is 2.79. The molecule has 0 radical (unpaired) electrons. The standard InChI is InChI=1S/C6H12N6O/c1-3(2)12(13)6-10-4(7)9-5(8)11-6/h3,13H,1-2H3,(H4,7,8,9,10,11). The predicted octanol–water partition coefficient (Wildman–Crippen LogP) is -0.360. The highest BCUT2D eigenvalue weighted by atomic mass is 16.5. The Bertz CT molecular complexity index is 281. The fraction of sp³-hybridized carbons (Fsp3) is 0.500. The van der Waals surface area contributed by atoms with Gasteiger partial charge >= 0.3 is 0 Å².